The van der Waals surface area contributed by atoms with Crippen molar-refractivity contribution in [3.05, 3.63) is 71.0 Å². The van der Waals surface area contributed by atoms with E-state index in [1.54, 1.807) is 19.1 Å². The van der Waals surface area contributed by atoms with Crippen molar-refractivity contribution in [2.45, 2.75) is 32.1 Å². The lowest BCUT2D eigenvalue weighted by molar-refractivity contribution is 0.0543. The molecule has 2 atom stereocenters. The zero-order valence-corrected chi connectivity index (χ0v) is 12.9. The monoisotopic (exact) mass is 303 g/mol. The maximum Gasteiger partial charge on any atom is 0.123 e. The number of halogens is 1. The fraction of sp³-hybridized carbons (Fsp3) is 0.333. The van der Waals surface area contributed by atoms with Gasteiger partial charge in [-0.15, -0.1) is 0 Å². The van der Waals surface area contributed by atoms with Gasteiger partial charge in [-0.1, -0.05) is 36.4 Å². The number of hydrogen-bond acceptors (Lipinski definition) is 3. The number of nitrogens with one attached hydrogen (secondary N) is 1. The summed E-state index contributed by atoms with van der Waals surface area (Å²) in [5.41, 5.74) is 1.48. The third kappa shape index (κ3) is 4.13. The lowest BCUT2D eigenvalue weighted by Crippen LogP contribution is -2.36. The Morgan fingerprint density at radius 3 is 2.50 bits per heavy atom. The van der Waals surface area contributed by atoms with Gasteiger partial charge in [-0.25, -0.2) is 4.39 Å². The molecule has 0 saturated heterocycles. The topological polar surface area (TPSA) is 52.5 Å². The highest BCUT2D eigenvalue weighted by molar-refractivity contribution is 5.26. The lowest BCUT2D eigenvalue weighted by atomic mass is 9.95. The van der Waals surface area contributed by atoms with Crippen molar-refractivity contribution < 1.29 is 14.6 Å². The van der Waals surface area contributed by atoms with Crippen molar-refractivity contribution in [1.29, 1.82) is 0 Å². The number of rotatable bonds is 6. The molecular weight excluding hydrogens is 281 g/mol. The van der Waals surface area contributed by atoms with Gasteiger partial charge in [0.15, 0.2) is 0 Å². The van der Waals surface area contributed by atoms with Gasteiger partial charge in [0.05, 0.1) is 12.2 Å². The highest BCUT2D eigenvalue weighted by atomic mass is 19.1. The Morgan fingerprint density at radius 1 is 1.18 bits per heavy atom. The van der Waals surface area contributed by atoms with Gasteiger partial charge >= 0.3 is 0 Å². The van der Waals surface area contributed by atoms with Crippen LogP contribution in [0.3, 0.4) is 0 Å². The predicted octanol–water partition coefficient (Wildman–Crippen LogP) is 2.88. The number of hydrogen-bond donors (Lipinski definition) is 3. The van der Waals surface area contributed by atoms with Crippen molar-refractivity contribution in [2.24, 2.45) is 0 Å². The van der Waals surface area contributed by atoms with Gasteiger partial charge in [-0.05, 0) is 42.7 Å². The molecule has 2 aromatic carbocycles. The Bertz CT molecular complexity index is 611. The molecule has 2 unspecified atom stereocenters. The molecule has 0 aliphatic heterocycles. The van der Waals surface area contributed by atoms with Gasteiger partial charge in [-0.2, -0.15) is 0 Å². The van der Waals surface area contributed by atoms with Crippen molar-refractivity contribution in [3.8, 4) is 0 Å². The highest BCUT2D eigenvalue weighted by Crippen LogP contribution is 2.22. The average Bonchev–Trinajstić information content (AvgIpc) is 2.53. The van der Waals surface area contributed by atoms with Crippen LogP contribution in [0.2, 0.25) is 0 Å². The maximum absolute atomic E-state index is 13.0. The minimum absolute atomic E-state index is 0.00779. The molecule has 0 heterocycles. The van der Waals surface area contributed by atoms with Crippen LogP contribution in [-0.2, 0) is 12.2 Å². The van der Waals surface area contributed by atoms with Crippen LogP contribution >= 0.6 is 0 Å². The summed E-state index contributed by atoms with van der Waals surface area (Å²) in [5, 5.41) is 23.0. The van der Waals surface area contributed by atoms with Crippen LogP contribution in [0.15, 0.2) is 48.5 Å². The standard InChI is InChI=1S/C18H22FNO2/c1-13(15-5-3-4-14(10-15)11-21)20-12-18(2,22)16-6-8-17(19)9-7-16/h3-10,13,20-22H,11-12H2,1-2H3. The molecule has 3 nitrogen and oxygen atoms in total. The van der Waals surface area contributed by atoms with Crippen LogP contribution in [0.1, 0.15) is 36.6 Å². The van der Waals surface area contributed by atoms with E-state index >= 15 is 0 Å². The largest absolute Gasteiger partial charge is 0.392 e. The van der Waals surface area contributed by atoms with Gasteiger partial charge in [0.1, 0.15) is 5.82 Å². The van der Waals surface area contributed by atoms with Gasteiger partial charge in [-0.3, -0.25) is 0 Å². The van der Waals surface area contributed by atoms with E-state index in [2.05, 4.69) is 5.32 Å². The first kappa shape index (κ1) is 16.6. The molecule has 0 amide bonds. The maximum atomic E-state index is 13.0. The van der Waals surface area contributed by atoms with Gasteiger partial charge in [0, 0.05) is 12.6 Å². The minimum Gasteiger partial charge on any atom is -0.392 e. The van der Waals surface area contributed by atoms with Crippen LogP contribution in [0.25, 0.3) is 0 Å². The molecular formula is C18H22FNO2. The normalized spacial score (nSPS) is 15.3. The molecule has 118 valence electrons. The van der Waals surface area contributed by atoms with Gasteiger partial charge in [0.2, 0.25) is 0 Å². The van der Waals surface area contributed by atoms with E-state index in [-0.39, 0.29) is 18.5 Å². The second-order valence-corrected chi connectivity index (χ2v) is 5.79. The number of aliphatic hydroxyl groups is 2. The molecule has 0 radical (unpaired) electrons. The summed E-state index contributed by atoms with van der Waals surface area (Å²) in [6.45, 7) is 4.04. The fourth-order valence-corrected chi connectivity index (χ4v) is 2.34. The lowest BCUT2D eigenvalue weighted by Gasteiger charge is -2.27. The summed E-state index contributed by atoms with van der Waals surface area (Å²) in [5.74, 6) is -0.318. The Morgan fingerprint density at radius 2 is 1.86 bits per heavy atom. The Hall–Kier alpha value is -1.75. The molecule has 0 bridgehead atoms. The van der Waals surface area contributed by atoms with E-state index in [0.717, 1.165) is 11.1 Å². The Kier molecular flexibility index (Phi) is 5.29. The summed E-state index contributed by atoms with van der Waals surface area (Å²) in [6, 6.07) is 13.6. The Labute approximate surface area is 130 Å². The quantitative estimate of drug-likeness (QED) is 0.769. The second-order valence-electron chi connectivity index (χ2n) is 5.79. The van der Waals surface area contributed by atoms with E-state index in [1.165, 1.54) is 12.1 Å². The van der Waals surface area contributed by atoms with Crippen LogP contribution in [-0.4, -0.2) is 16.8 Å². The molecule has 0 spiro atoms. The zero-order valence-electron chi connectivity index (χ0n) is 12.9. The van der Waals surface area contributed by atoms with Crippen LogP contribution in [0.4, 0.5) is 4.39 Å². The van der Waals surface area contributed by atoms with E-state index in [1.807, 2.05) is 31.2 Å². The summed E-state index contributed by atoms with van der Waals surface area (Å²) in [6.07, 6.45) is 0. The smallest absolute Gasteiger partial charge is 0.123 e. The molecule has 22 heavy (non-hydrogen) atoms. The fourth-order valence-electron chi connectivity index (χ4n) is 2.34. The van der Waals surface area contributed by atoms with Crippen molar-refractivity contribution >= 4 is 0 Å². The SMILES string of the molecule is CC(NCC(C)(O)c1ccc(F)cc1)c1cccc(CO)c1. The van der Waals surface area contributed by atoms with E-state index in [4.69, 9.17) is 0 Å². The summed E-state index contributed by atoms with van der Waals surface area (Å²) in [4.78, 5) is 0. The molecule has 0 saturated carbocycles. The van der Waals surface area contributed by atoms with E-state index in [0.29, 0.717) is 12.1 Å². The summed E-state index contributed by atoms with van der Waals surface area (Å²) in [7, 11) is 0. The molecule has 2 aromatic rings. The molecule has 0 aliphatic carbocycles. The van der Waals surface area contributed by atoms with Gasteiger partial charge in [0.25, 0.3) is 0 Å². The van der Waals surface area contributed by atoms with Crippen molar-refractivity contribution in [2.75, 3.05) is 6.54 Å². The zero-order chi connectivity index (χ0) is 16.2. The van der Waals surface area contributed by atoms with Crippen molar-refractivity contribution in [1.82, 2.24) is 5.32 Å². The van der Waals surface area contributed by atoms with Crippen LogP contribution in [0, 0.1) is 5.82 Å². The molecule has 4 heteroatoms. The highest BCUT2D eigenvalue weighted by Gasteiger charge is 2.23. The van der Waals surface area contributed by atoms with E-state index in [9.17, 15) is 14.6 Å². The molecule has 2 rings (SSSR count). The third-order valence-corrected chi connectivity index (χ3v) is 3.85. The number of aliphatic hydroxyl groups excluding tert-OH is 1. The first-order valence-electron chi connectivity index (χ1n) is 7.34. The van der Waals surface area contributed by atoms with E-state index < -0.39 is 5.60 Å². The number of benzene rings is 2. The predicted molar refractivity (Wildman–Crippen MR) is 84.8 cm³/mol. The molecule has 0 fully saturated rings. The average molecular weight is 303 g/mol. The minimum atomic E-state index is -1.09. The molecule has 0 aromatic heterocycles. The summed E-state index contributed by atoms with van der Waals surface area (Å²) >= 11 is 0. The van der Waals surface area contributed by atoms with Crippen LogP contribution in [0.5, 0.6) is 0 Å². The molecule has 0 aliphatic rings. The molecule has 3 N–H and O–H groups in total. The first-order chi connectivity index (χ1) is 10.4. The first-order valence-corrected chi connectivity index (χ1v) is 7.34. The van der Waals surface area contributed by atoms with Crippen LogP contribution < -0.4 is 5.32 Å². The summed E-state index contributed by atoms with van der Waals surface area (Å²) < 4.78 is 13.0. The van der Waals surface area contributed by atoms with Crippen molar-refractivity contribution in [3.63, 3.8) is 0 Å². The Balaban J connectivity index is 2.02. The second kappa shape index (κ2) is 7.01. The van der Waals surface area contributed by atoms with Gasteiger partial charge < -0.3 is 15.5 Å². The third-order valence-electron chi connectivity index (χ3n) is 3.85.